The van der Waals surface area contributed by atoms with E-state index in [1.54, 1.807) is 18.3 Å². The highest BCUT2D eigenvalue weighted by Gasteiger charge is 2.07. The van der Waals surface area contributed by atoms with Crippen LogP contribution in [0.25, 0.3) is 5.57 Å². The molecule has 4 heteroatoms. The first-order valence-corrected chi connectivity index (χ1v) is 4.43. The third-order valence-electron chi connectivity index (χ3n) is 1.49. The smallest absolute Gasteiger partial charge is 0.345 e. The fourth-order valence-electron chi connectivity index (χ4n) is 0.865. The molecule has 1 heterocycles. The van der Waals surface area contributed by atoms with Crippen molar-refractivity contribution in [1.29, 1.82) is 0 Å². The van der Waals surface area contributed by atoms with E-state index in [0.717, 1.165) is 10.5 Å². The molecule has 0 radical (unpaired) electrons. The Hall–Kier alpha value is -1.42. The van der Waals surface area contributed by atoms with Gasteiger partial charge in [0, 0.05) is 11.1 Å². The number of aliphatic imine (C=N–C) groups is 1. The molecule has 0 unspecified atom stereocenters. The number of carboxylic acids is 1. The fourth-order valence-corrected chi connectivity index (χ4v) is 1.68. The van der Waals surface area contributed by atoms with Crippen LogP contribution in [0.1, 0.15) is 21.5 Å². The maximum absolute atomic E-state index is 10.5. The van der Waals surface area contributed by atoms with Crippen molar-refractivity contribution >= 4 is 29.6 Å². The molecule has 0 saturated heterocycles. The van der Waals surface area contributed by atoms with Gasteiger partial charge in [-0.3, -0.25) is 4.99 Å². The Morgan fingerprint density at radius 3 is 2.69 bits per heavy atom. The Balaban J connectivity index is 2.98. The molecule has 0 aliphatic carbocycles. The van der Waals surface area contributed by atoms with Gasteiger partial charge in [0.2, 0.25) is 0 Å². The molecule has 1 aromatic heterocycles. The summed E-state index contributed by atoms with van der Waals surface area (Å²) in [6.45, 7) is 5.20. The maximum atomic E-state index is 10.5. The van der Waals surface area contributed by atoms with Gasteiger partial charge in [-0.1, -0.05) is 0 Å². The lowest BCUT2D eigenvalue weighted by Gasteiger charge is -1.91. The van der Waals surface area contributed by atoms with Gasteiger partial charge in [-0.25, -0.2) is 4.79 Å². The van der Waals surface area contributed by atoms with E-state index >= 15 is 0 Å². The van der Waals surface area contributed by atoms with Gasteiger partial charge in [0.15, 0.2) is 0 Å². The summed E-state index contributed by atoms with van der Waals surface area (Å²) in [7, 11) is 0. The Kier molecular flexibility index (Phi) is 2.97. The lowest BCUT2D eigenvalue weighted by molar-refractivity contribution is 0.0702. The van der Waals surface area contributed by atoms with Crippen LogP contribution in [0.3, 0.4) is 0 Å². The first-order chi connectivity index (χ1) is 6.15. The molecule has 0 saturated carbocycles. The molecule has 0 fully saturated rings. The summed E-state index contributed by atoms with van der Waals surface area (Å²) < 4.78 is 0. The SMILES string of the molecule is C=N/C=C(\C)c1ccc(C(=O)O)s1. The molecule has 1 rings (SSSR count). The molecule has 13 heavy (non-hydrogen) atoms. The van der Waals surface area contributed by atoms with E-state index in [9.17, 15) is 4.79 Å². The van der Waals surface area contributed by atoms with Crippen LogP contribution in [0.15, 0.2) is 23.3 Å². The first-order valence-electron chi connectivity index (χ1n) is 3.61. The number of allylic oxidation sites excluding steroid dienone is 1. The monoisotopic (exact) mass is 195 g/mol. The highest BCUT2D eigenvalue weighted by Crippen LogP contribution is 2.23. The predicted molar refractivity (Wildman–Crippen MR) is 54.5 cm³/mol. The second-order valence-corrected chi connectivity index (χ2v) is 3.55. The van der Waals surface area contributed by atoms with Crippen molar-refractivity contribution in [2.24, 2.45) is 4.99 Å². The molecule has 0 aliphatic heterocycles. The zero-order valence-corrected chi connectivity index (χ0v) is 7.97. The minimum Gasteiger partial charge on any atom is -0.477 e. The lowest BCUT2D eigenvalue weighted by atomic mass is 10.3. The maximum Gasteiger partial charge on any atom is 0.345 e. The van der Waals surface area contributed by atoms with Crippen LogP contribution in [-0.4, -0.2) is 17.8 Å². The van der Waals surface area contributed by atoms with Crippen molar-refractivity contribution < 1.29 is 9.90 Å². The number of rotatable bonds is 3. The van der Waals surface area contributed by atoms with Crippen molar-refractivity contribution in [3.8, 4) is 0 Å². The number of carboxylic acid groups (broad SMARTS) is 1. The van der Waals surface area contributed by atoms with Gasteiger partial charge in [0.1, 0.15) is 4.88 Å². The van der Waals surface area contributed by atoms with Crippen LogP contribution in [0.2, 0.25) is 0 Å². The molecular formula is C9H9NO2S. The molecule has 1 N–H and O–H groups in total. The van der Waals surface area contributed by atoms with E-state index < -0.39 is 5.97 Å². The Morgan fingerprint density at radius 1 is 1.62 bits per heavy atom. The zero-order valence-electron chi connectivity index (χ0n) is 7.15. The normalized spacial score (nSPS) is 11.3. The molecule has 0 atom stereocenters. The predicted octanol–water partition coefficient (Wildman–Crippen LogP) is 2.51. The highest BCUT2D eigenvalue weighted by molar-refractivity contribution is 7.15. The first kappa shape index (κ1) is 9.67. The number of aromatic carboxylic acids is 1. The minimum atomic E-state index is -0.893. The molecule has 0 aromatic carbocycles. The molecule has 0 amide bonds. The Morgan fingerprint density at radius 2 is 2.23 bits per heavy atom. The number of hydrogen-bond donors (Lipinski definition) is 1. The standard InChI is InChI=1S/C9H9NO2S/c1-6(5-10-2)7-3-4-8(13-7)9(11)12/h3-5H,2H2,1H3,(H,11,12)/b6-5+. The largest absolute Gasteiger partial charge is 0.477 e. The average Bonchev–Trinajstić information content (AvgIpc) is 2.52. The summed E-state index contributed by atoms with van der Waals surface area (Å²) >= 11 is 1.23. The summed E-state index contributed by atoms with van der Waals surface area (Å²) in [6, 6.07) is 3.36. The molecule has 1 aromatic rings. The summed E-state index contributed by atoms with van der Waals surface area (Å²) in [5.74, 6) is -0.893. The average molecular weight is 195 g/mol. The third-order valence-corrected chi connectivity index (χ3v) is 2.70. The van der Waals surface area contributed by atoms with E-state index in [1.807, 2.05) is 6.92 Å². The topological polar surface area (TPSA) is 49.7 Å². The van der Waals surface area contributed by atoms with E-state index in [1.165, 1.54) is 11.3 Å². The van der Waals surface area contributed by atoms with Crippen LogP contribution < -0.4 is 0 Å². The van der Waals surface area contributed by atoms with Gasteiger partial charge < -0.3 is 5.11 Å². The van der Waals surface area contributed by atoms with E-state index in [4.69, 9.17) is 5.11 Å². The van der Waals surface area contributed by atoms with Crippen molar-refractivity contribution in [3.05, 3.63) is 28.1 Å². The van der Waals surface area contributed by atoms with Crippen LogP contribution in [-0.2, 0) is 0 Å². The summed E-state index contributed by atoms with van der Waals surface area (Å²) in [5, 5.41) is 8.67. The quantitative estimate of drug-likeness (QED) is 0.753. The van der Waals surface area contributed by atoms with Gasteiger partial charge in [-0.05, 0) is 31.3 Å². The van der Waals surface area contributed by atoms with Crippen LogP contribution in [0, 0.1) is 0 Å². The lowest BCUT2D eigenvalue weighted by Crippen LogP contribution is -1.89. The van der Waals surface area contributed by atoms with E-state index in [0.29, 0.717) is 4.88 Å². The molecule has 3 nitrogen and oxygen atoms in total. The fraction of sp³-hybridized carbons (Fsp3) is 0.111. The van der Waals surface area contributed by atoms with E-state index in [2.05, 4.69) is 11.7 Å². The number of carbonyl (C=O) groups is 1. The molecule has 0 bridgehead atoms. The summed E-state index contributed by atoms with van der Waals surface area (Å²) in [5.41, 5.74) is 0.924. The van der Waals surface area contributed by atoms with Crippen molar-refractivity contribution in [2.45, 2.75) is 6.92 Å². The van der Waals surface area contributed by atoms with Crippen LogP contribution in [0.5, 0.6) is 0 Å². The number of thiophene rings is 1. The Bertz CT molecular complexity index is 365. The van der Waals surface area contributed by atoms with Crippen LogP contribution >= 0.6 is 11.3 Å². The van der Waals surface area contributed by atoms with Crippen molar-refractivity contribution in [1.82, 2.24) is 0 Å². The summed E-state index contributed by atoms with van der Waals surface area (Å²) in [6.07, 6.45) is 1.61. The zero-order chi connectivity index (χ0) is 9.84. The van der Waals surface area contributed by atoms with Crippen molar-refractivity contribution in [3.63, 3.8) is 0 Å². The van der Waals surface area contributed by atoms with Gasteiger partial charge in [-0.2, -0.15) is 0 Å². The summed E-state index contributed by atoms with van der Waals surface area (Å²) in [4.78, 5) is 15.4. The minimum absolute atomic E-state index is 0.340. The van der Waals surface area contributed by atoms with Gasteiger partial charge in [0.25, 0.3) is 0 Å². The van der Waals surface area contributed by atoms with Crippen molar-refractivity contribution in [2.75, 3.05) is 0 Å². The van der Waals surface area contributed by atoms with Gasteiger partial charge in [0.05, 0.1) is 0 Å². The molecule has 68 valence electrons. The molecular weight excluding hydrogens is 186 g/mol. The van der Waals surface area contributed by atoms with Gasteiger partial charge >= 0.3 is 5.97 Å². The van der Waals surface area contributed by atoms with E-state index in [-0.39, 0.29) is 0 Å². The molecule has 0 aliphatic rings. The Labute approximate surface area is 80.1 Å². The number of nitrogens with zero attached hydrogens (tertiary/aromatic N) is 1. The third kappa shape index (κ3) is 2.26. The number of hydrogen-bond acceptors (Lipinski definition) is 3. The van der Waals surface area contributed by atoms with Crippen LogP contribution in [0.4, 0.5) is 0 Å². The van der Waals surface area contributed by atoms with Gasteiger partial charge in [-0.15, -0.1) is 11.3 Å². The highest BCUT2D eigenvalue weighted by atomic mass is 32.1. The molecule has 0 spiro atoms. The second kappa shape index (κ2) is 4.00. The second-order valence-electron chi connectivity index (χ2n) is 2.46.